The molecular formula is C11H12O3. The zero-order valence-electron chi connectivity index (χ0n) is 7.72. The third kappa shape index (κ3) is 2.05. The smallest absolute Gasteiger partial charge is 0.306 e. The molecule has 1 aliphatic carbocycles. The van der Waals surface area contributed by atoms with Gasteiger partial charge in [0.2, 0.25) is 0 Å². The Labute approximate surface area is 82.3 Å². The zero-order valence-corrected chi connectivity index (χ0v) is 7.72. The van der Waals surface area contributed by atoms with Crippen LogP contribution in [0.1, 0.15) is 6.42 Å². The molecule has 2 rings (SSSR count). The van der Waals surface area contributed by atoms with E-state index in [0.29, 0.717) is 6.61 Å². The number of rotatable bonds is 4. The number of hydrogen-bond acceptors (Lipinski definition) is 2. The van der Waals surface area contributed by atoms with Gasteiger partial charge < -0.3 is 9.84 Å². The van der Waals surface area contributed by atoms with Crippen LogP contribution in [0.25, 0.3) is 0 Å². The largest absolute Gasteiger partial charge is 0.493 e. The second-order valence-corrected chi connectivity index (χ2v) is 3.56. The van der Waals surface area contributed by atoms with E-state index in [1.807, 2.05) is 30.3 Å². The van der Waals surface area contributed by atoms with Crippen LogP contribution in [-0.4, -0.2) is 17.7 Å². The summed E-state index contributed by atoms with van der Waals surface area (Å²) >= 11 is 0. The molecule has 1 aromatic carbocycles. The Morgan fingerprint density at radius 1 is 1.43 bits per heavy atom. The first kappa shape index (κ1) is 9.06. The van der Waals surface area contributed by atoms with E-state index >= 15 is 0 Å². The molecule has 74 valence electrons. The van der Waals surface area contributed by atoms with Gasteiger partial charge in [-0.2, -0.15) is 0 Å². The van der Waals surface area contributed by atoms with Gasteiger partial charge in [-0.05, 0) is 18.6 Å². The molecule has 1 fully saturated rings. The number of para-hydroxylation sites is 1. The maximum Gasteiger partial charge on any atom is 0.306 e. The molecule has 1 N–H and O–H groups in total. The number of hydrogen-bond donors (Lipinski definition) is 1. The minimum Gasteiger partial charge on any atom is -0.493 e. The van der Waals surface area contributed by atoms with Crippen molar-refractivity contribution in [3.63, 3.8) is 0 Å². The average molecular weight is 192 g/mol. The number of aliphatic carboxylic acids is 1. The summed E-state index contributed by atoms with van der Waals surface area (Å²) in [5.74, 6) is 0.126. The molecule has 2 unspecified atom stereocenters. The third-order valence-electron chi connectivity index (χ3n) is 2.45. The van der Waals surface area contributed by atoms with Crippen molar-refractivity contribution in [2.45, 2.75) is 6.42 Å². The first-order valence-corrected chi connectivity index (χ1v) is 4.68. The van der Waals surface area contributed by atoms with E-state index in [1.165, 1.54) is 0 Å². The van der Waals surface area contributed by atoms with E-state index < -0.39 is 5.97 Å². The Balaban J connectivity index is 1.77. The molecule has 0 spiro atoms. The first-order valence-electron chi connectivity index (χ1n) is 4.68. The summed E-state index contributed by atoms with van der Waals surface area (Å²) in [5.41, 5.74) is 0. The van der Waals surface area contributed by atoms with Gasteiger partial charge in [-0.1, -0.05) is 18.2 Å². The van der Waals surface area contributed by atoms with Crippen LogP contribution in [0.2, 0.25) is 0 Å². The highest BCUT2D eigenvalue weighted by atomic mass is 16.5. The Morgan fingerprint density at radius 2 is 2.14 bits per heavy atom. The molecule has 14 heavy (non-hydrogen) atoms. The van der Waals surface area contributed by atoms with E-state index in [-0.39, 0.29) is 11.8 Å². The van der Waals surface area contributed by atoms with Gasteiger partial charge in [0.15, 0.2) is 0 Å². The standard InChI is InChI=1S/C11H12O3/c12-11(13)10-6-8(10)7-14-9-4-2-1-3-5-9/h1-5,8,10H,6-7H2,(H,12,13). The van der Waals surface area contributed by atoms with Crippen molar-refractivity contribution in [3.8, 4) is 5.75 Å². The molecule has 3 nitrogen and oxygen atoms in total. The fourth-order valence-corrected chi connectivity index (χ4v) is 1.45. The molecule has 1 saturated carbocycles. The first-order chi connectivity index (χ1) is 6.77. The second kappa shape index (κ2) is 3.70. The molecule has 0 amide bonds. The van der Waals surface area contributed by atoms with Crippen LogP contribution in [0.5, 0.6) is 5.75 Å². The fraction of sp³-hybridized carbons (Fsp3) is 0.364. The third-order valence-corrected chi connectivity index (χ3v) is 2.45. The molecule has 0 bridgehead atoms. The number of carboxylic acids is 1. The number of carboxylic acid groups (broad SMARTS) is 1. The summed E-state index contributed by atoms with van der Waals surface area (Å²) in [5, 5.41) is 8.67. The SMILES string of the molecule is O=C(O)C1CC1COc1ccccc1. The predicted molar refractivity (Wildman–Crippen MR) is 51.2 cm³/mol. The van der Waals surface area contributed by atoms with Gasteiger partial charge in [0, 0.05) is 5.92 Å². The van der Waals surface area contributed by atoms with Gasteiger partial charge in [0.1, 0.15) is 5.75 Å². The Hall–Kier alpha value is -1.51. The summed E-state index contributed by atoms with van der Waals surface area (Å²) in [7, 11) is 0. The lowest BCUT2D eigenvalue weighted by Crippen LogP contribution is -2.06. The predicted octanol–water partition coefficient (Wildman–Crippen LogP) is 1.79. The minimum atomic E-state index is -0.702. The average Bonchev–Trinajstić information content (AvgIpc) is 2.96. The maximum atomic E-state index is 10.5. The van der Waals surface area contributed by atoms with E-state index in [4.69, 9.17) is 9.84 Å². The molecule has 1 aliphatic rings. The van der Waals surface area contributed by atoms with Gasteiger partial charge in [-0.25, -0.2) is 0 Å². The summed E-state index contributed by atoms with van der Waals surface area (Å²) in [6.45, 7) is 0.515. The summed E-state index contributed by atoms with van der Waals surface area (Å²) in [6.07, 6.45) is 0.752. The molecule has 0 heterocycles. The van der Waals surface area contributed by atoms with E-state index in [0.717, 1.165) is 12.2 Å². The lowest BCUT2D eigenvalue weighted by molar-refractivity contribution is -0.138. The van der Waals surface area contributed by atoms with Crippen LogP contribution in [-0.2, 0) is 4.79 Å². The van der Waals surface area contributed by atoms with Gasteiger partial charge in [-0.3, -0.25) is 4.79 Å². The van der Waals surface area contributed by atoms with Crippen molar-refractivity contribution < 1.29 is 14.6 Å². The molecule has 3 heteroatoms. The summed E-state index contributed by atoms with van der Waals surface area (Å²) < 4.78 is 5.45. The van der Waals surface area contributed by atoms with Crippen LogP contribution >= 0.6 is 0 Å². The van der Waals surface area contributed by atoms with Crippen LogP contribution in [0.4, 0.5) is 0 Å². The Kier molecular flexibility index (Phi) is 2.39. The second-order valence-electron chi connectivity index (χ2n) is 3.56. The number of benzene rings is 1. The lowest BCUT2D eigenvalue weighted by atomic mass is 10.3. The Bertz CT molecular complexity index is 321. The maximum absolute atomic E-state index is 10.5. The lowest BCUT2D eigenvalue weighted by Gasteiger charge is -2.03. The van der Waals surface area contributed by atoms with E-state index in [1.54, 1.807) is 0 Å². The molecule has 2 atom stereocenters. The van der Waals surface area contributed by atoms with Gasteiger partial charge in [0.25, 0.3) is 0 Å². The highest BCUT2D eigenvalue weighted by Crippen LogP contribution is 2.38. The van der Waals surface area contributed by atoms with Crippen LogP contribution in [0.15, 0.2) is 30.3 Å². The molecule has 0 aliphatic heterocycles. The topological polar surface area (TPSA) is 46.5 Å². The van der Waals surface area contributed by atoms with Crippen molar-refractivity contribution >= 4 is 5.97 Å². The van der Waals surface area contributed by atoms with Gasteiger partial charge in [0.05, 0.1) is 12.5 Å². The van der Waals surface area contributed by atoms with E-state index in [2.05, 4.69) is 0 Å². The van der Waals surface area contributed by atoms with Crippen molar-refractivity contribution in [1.82, 2.24) is 0 Å². The highest BCUT2D eigenvalue weighted by molar-refractivity contribution is 5.73. The van der Waals surface area contributed by atoms with Crippen molar-refractivity contribution in [2.24, 2.45) is 11.8 Å². The normalized spacial score (nSPS) is 24.3. The summed E-state index contributed by atoms with van der Waals surface area (Å²) in [4.78, 5) is 10.5. The molecule has 1 aromatic rings. The zero-order chi connectivity index (χ0) is 9.97. The minimum absolute atomic E-state index is 0.182. The number of ether oxygens (including phenoxy) is 1. The fourth-order valence-electron chi connectivity index (χ4n) is 1.45. The van der Waals surface area contributed by atoms with Gasteiger partial charge >= 0.3 is 5.97 Å². The van der Waals surface area contributed by atoms with Crippen molar-refractivity contribution in [1.29, 1.82) is 0 Å². The van der Waals surface area contributed by atoms with Crippen molar-refractivity contribution in [2.75, 3.05) is 6.61 Å². The van der Waals surface area contributed by atoms with Crippen LogP contribution in [0.3, 0.4) is 0 Å². The molecule has 0 radical (unpaired) electrons. The number of carbonyl (C=O) groups is 1. The monoisotopic (exact) mass is 192 g/mol. The Morgan fingerprint density at radius 3 is 2.71 bits per heavy atom. The molecular weight excluding hydrogens is 180 g/mol. The van der Waals surface area contributed by atoms with Crippen LogP contribution in [0, 0.1) is 11.8 Å². The summed E-state index contributed by atoms with van der Waals surface area (Å²) in [6, 6.07) is 9.47. The molecule has 0 aromatic heterocycles. The van der Waals surface area contributed by atoms with Gasteiger partial charge in [-0.15, -0.1) is 0 Å². The molecule has 0 saturated heterocycles. The van der Waals surface area contributed by atoms with Crippen LogP contribution < -0.4 is 4.74 Å². The highest BCUT2D eigenvalue weighted by Gasteiger charge is 2.43. The van der Waals surface area contributed by atoms with E-state index in [9.17, 15) is 4.79 Å². The van der Waals surface area contributed by atoms with Crippen molar-refractivity contribution in [3.05, 3.63) is 30.3 Å². The quantitative estimate of drug-likeness (QED) is 0.791.